The average molecular weight is 190 g/mol. The van der Waals surface area contributed by atoms with Crippen LogP contribution in [0, 0.1) is 0 Å². The van der Waals surface area contributed by atoms with E-state index < -0.39 is 36.7 Å². The van der Waals surface area contributed by atoms with E-state index in [2.05, 4.69) is 0 Å². The zero-order valence-corrected chi connectivity index (χ0v) is 6.91. The molecular weight excluding hydrogens is 180 g/mol. The number of carbonyl (C=O) groups is 1. The second-order valence-corrected chi connectivity index (χ2v) is 3.04. The number of methoxy groups -OCH3 is 1. The predicted molar refractivity (Wildman–Crippen MR) is 37.6 cm³/mol. The minimum absolute atomic E-state index is 0.761. The van der Waals surface area contributed by atoms with Gasteiger partial charge in [0.1, 0.15) is 12.2 Å². The molecule has 6 heteroatoms. The van der Waals surface area contributed by atoms with Gasteiger partial charge in [0.2, 0.25) is 0 Å². The van der Waals surface area contributed by atoms with E-state index in [1.165, 1.54) is 7.11 Å². The highest BCUT2D eigenvalue weighted by Crippen LogP contribution is 2.31. The van der Waals surface area contributed by atoms with Crippen molar-refractivity contribution < 1.29 is 29.2 Å². The summed E-state index contributed by atoms with van der Waals surface area (Å²) in [5.74, 6) is -0.761. The number of aliphatic hydroxyl groups excluding tert-OH is 2. The SMILES string of the molecule is CO[C@H]1O[C@H]2[C@H](OC(=O)[C@H]2O)[C@H]1O. The van der Waals surface area contributed by atoms with E-state index in [4.69, 9.17) is 14.2 Å². The molecule has 0 unspecified atom stereocenters. The summed E-state index contributed by atoms with van der Waals surface area (Å²) in [6.07, 6.45) is -4.81. The summed E-state index contributed by atoms with van der Waals surface area (Å²) in [4.78, 5) is 10.8. The van der Waals surface area contributed by atoms with Crippen molar-refractivity contribution in [1.29, 1.82) is 0 Å². The summed E-state index contributed by atoms with van der Waals surface area (Å²) in [5, 5.41) is 18.7. The lowest BCUT2D eigenvalue weighted by atomic mass is 10.1. The minimum Gasteiger partial charge on any atom is -0.454 e. The van der Waals surface area contributed by atoms with Crippen LogP contribution < -0.4 is 0 Å². The van der Waals surface area contributed by atoms with E-state index in [0.29, 0.717) is 0 Å². The van der Waals surface area contributed by atoms with Crippen LogP contribution in [0.2, 0.25) is 0 Å². The molecule has 5 atom stereocenters. The van der Waals surface area contributed by atoms with Crippen molar-refractivity contribution in [2.45, 2.75) is 30.7 Å². The number of hydrogen-bond donors (Lipinski definition) is 2. The van der Waals surface area contributed by atoms with Gasteiger partial charge in [0.25, 0.3) is 0 Å². The standard InChI is InChI=1S/C7H10O6/c1-11-7-3(9)5-4(13-7)2(8)6(10)12-5/h2-5,7-9H,1H3/t2-,3+,4+,5+,7-/m0/s1. The van der Waals surface area contributed by atoms with E-state index in [-0.39, 0.29) is 0 Å². The molecule has 2 rings (SSSR count). The molecule has 2 aliphatic heterocycles. The first-order valence-corrected chi connectivity index (χ1v) is 3.90. The highest BCUT2D eigenvalue weighted by atomic mass is 16.7. The number of fused-ring (bicyclic) bond motifs is 1. The van der Waals surface area contributed by atoms with E-state index in [1.54, 1.807) is 0 Å². The van der Waals surface area contributed by atoms with E-state index >= 15 is 0 Å². The van der Waals surface area contributed by atoms with Crippen LogP contribution in [-0.2, 0) is 19.0 Å². The Morgan fingerprint density at radius 2 is 2.08 bits per heavy atom. The Bertz CT molecular complexity index is 229. The van der Waals surface area contributed by atoms with Crippen LogP contribution in [0.5, 0.6) is 0 Å². The molecule has 0 bridgehead atoms. The molecule has 0 saturated carbocycles. The number of ether oxygens (including phenoxy) is 3. The summed E-state index contributed by atoms with van der Waals surface area (Å²) in [6, 6.07) is 0. The van der Waals surface area contributed by atoms with Crippen molar-refractivity contribution in [2.75, 3.05) is 7.11 Å². The van der Waals surface area contributed by atoms with Crippen LogP contribution in [0.15, 0.2) is 0 Å². The smallest absolute Gasteiger partial charge is 0.338 e. The number of hydrogen-bond acceptors (Lipinski definition) is 6. The van der Waals surface area contributed by atoms with Crippen LogP contribution in [0.3, 0.4) is 0 Å². The number of rotatable bonds is 1. The lowest BCUT2D eigenvalue weighted by molar-refractivity contribution is -0.177. The zero-order valence-electron chi connectivity index (χ0n) is 6.91. The third-order valence-corrected chi connectivity index (χ3v) is 2.27. The van der Waals surface area contributed by atoms with Crippen molar-refractivity contribution in [3.63, 3.8) is 0 Å². The topological polar surface area (TPSA) is 85.2 Å². The molecule has 0 aromatic carbocycles. The highest BCUT2D eigenvalue weighted by molar-refractivity contribution is 5.78. The molecule has 2 N–H and O–H groups in total. The maximum absolute atomic E-state index is 10.8. The van der Waals surface area contributed by atoms with Crippen molar-refractivity contribution in [2.24, 2.45) is 0 Å². The molecule has 0 amide bonds. The Morgan fingerprint density at radius 1 is 1.38 bits per heavy atom. The summed E-state index contributed by atoms with van der Waals surface area (Å²) >= 11 is 0. The normalized spacial score (nSPS) is 49.2. The van der Waals surface area contributed by atoms with Gasteiger partial charge in [0.15, 0.2) is 18.5 Å². The van der Waals surface area contributed by atoms with E-state index in [0.717, 1.165) is 0 Å². The Hall–Kier alpha value is -0.690. The van der Waals surface area contributed by atoms with Gasteiger partial charge >= 0.3 is 5.97 Å². The summed E-state index contributed by atoms with van der Waals surface area (Å²) in [5.41, 5.74) is 0. The maximum atomic E-state index is 10.8. The average Bonchev–Trinajstić information content (AvgIpc) is 2.56. The Kier molecular flexibility index (Phi) is 1.99. The van der Waals surface area contributed by atoms with Crippen LogP contribution in [0.4, 0.5) is 0 Å². The molecule has 2 fully saturated rings. The van der Waals surface area contributed by atoms with Gasteiger partial charge in [-0.1, -0.05) is 0 Å². The molecule has 13 heavy (non-hydrogen) atoms. The molecule has 2 saturated heterocycles. The predicted octanol–water partition coefficient (Wildman–Crippen LogP) is -2.00. The molecule has 6 nitrogen and oxygen atoms in total. The number of carbonyl (C=O) groups excluding carboxylic acids is 1. The molecule has 0 aromatic heterocycles. The van der Waals surface area contributed by atoms with Crippen LogP contribution in [0.1, 0.15) is 0 Å². The first kappa shape index (κ1) is 8.89. The van der Waals surface area contributed by atoms with Gasteiger partial charge in [-0.25, -0.2) is 4.79 Å². The Balaban J connectivity index is 2.14. The summed E-state index contributed by atoms with van der Waals surface area (Å²) < 4.78 is 14.5. The van der Waals surface area contributed by atoms with Crippen LogP contribution in [0.25, 0.3) is 0 Å². The van der Waals surface area contributed by atoms with Gasteiger partial charge in [0, 0.05) is 7.11 Å². The lowest BCUT2D eigenvalue weighted by Crippen LogP contribution is -2.32. The van der Waals surface area contributed by atoms with Crippen LogP contribution in [-0.4, -0.2) is 54.0 Å². The summed E-state index contributed by atoms with van der Waals surface area (Å²) in [6.45, 7) is 0. The first-order valence-electron chi connectivity index (χ1n) is 3.90. The zero-order chi connectivity index (χ0) is 9.59. The summed E-state index contributed by atoms with van der Waals surface area (Å²) in [7, 11) is 1.36. The second kappa shape index (κ2) is 2.91. The molecule has 2 aliphatic rings. The van der Waals surface area contributed by atoms with Crippen molar-refractivity contribution in [3.8, 4) is 0 Å². The molecule has 0 spiro atoms. The molecule has 0 radical (unpaired) electrons. The fourth-order valence-corrected chi connectivity index (χ4v) is 1.59. The molecular formula is C7H10O6. The molecule has 74 valence electrons. The van der Waals surface area contributed by atoms with Crippen molar-refractivity contribution in [3.05, 3.63) is 0 Å². The number of esters is 1. The monoisotopic (exact) mass is 190 g/mol. The van der Waals surface area contributed by atoms with Crippen LogP contribution >= 0.6 is 0 Å². The Morgan fingerprint density at radius 3 is 2.62 bits per heavy atom. The van der Waals surface area contributed by atoms with Gasteiger partial charge in [-0.15, -0.1) is 0 Å². The van der Waals surface area contributed by atoms with Gasteiger partial charge in [-0.05, 0) is 0 Å². The van der Waals surface area contributed by atoms with Crippen molar-refractivity contribution in [1.82, 2.24) is 0 Å². The molecule has 2 heterocycles. The van der Waals surface area contributed by atoms with Gasteiger partial charge in [-0.3, -0.25) is 0 Å². The lowest BCUT2D eigenvalue weighted by Gasteiger charge is -2.14. The number of aliphatic hydroxyl groups is 2. The van der Waals surface area contributed by atoms with E-state index in [9.17, 15) is 15.0 Å². The largest absolute Gasteiger partial charge is 0.454 e. The fourth-order valence-electron chi connectivity index (χ4n) is 1.59. The quantitative estimate of drug-likeness (QED) is 0.465. The van der Waals surface area contributed by atoms with Gasteiger partial charge in [-0.2, -0.15) is 0 Å². The third kappa shape index (κ3) is 1.14. The van der Waals surface area contributed by atoms with E-state index in [1.807, 2.05) is 0 Å². The van der Waals surface area contributed by atoms with Crippen molar-refractivity contribution >= 4 is 5.97 Å². The first-order chi connectivity index (χ1) is 6.15. The van der Waals surface area contributed by atoms with Gasteiger partial charge in [0.05, 0.1) is 0 Å². The second-order valence-electron chi connectivity index (χ2n) is 3.04. The molecule has 0 aromatic rings. The third-order valence-electron chi connectivity index (χ3n) is 2.27. The minimum atomic E-state index is -1.32. The fraction of sp³-hybridized carbons (Fsp3) is 0.857. The Labute approximate surface area is 74.0 Å². The highest BCUT2D eigenvalue weighted by Gasteiger charge is 2.56. The van der Waals surface area contributed by atoms with Gasteiger partial charge < -0.3 is 24.4 Å². The maximum Gasteiger partial charge on any atom is 0.338 e. The molecule has 0 aliphatic carbocycles.